The van der Waals surface area contributed by atoms with Gasteiger partial charge in [-0.1, -0.05) is 35.9 Å². The lowest BCUT2D eigenvalue weighted by Gasteiger charge is -2.27. The molecule has 2 aromatic heterocycles. The molecule has 0 aliphatic rings. The van der Waals surface area contributed by atoms with E-state index >= 15 is 4.39 Å². The summed E-state index contributed by atoms with van der Waals surface area (Å²) in [5.74, 6) is 2.02. The summed E-state index contributed by atoms with van der Waals surface area (Å²) in [6.45, 7) is 1.04. The number of nitrogens with zero attached hydrogens (tertiary/aromatic N) is 6. The highest BCUT2D eigenvalue weighted by atomic mass is 35.5. The maximum atomic E-state index is 15.2. The van der Waals surface area contributed by atoms with Crippen LogP contribution in [0.4, 0.5) is 21.7 Å². The van der Waals surface area contributed by atoms with Crippen molar-refractivity contribution in [3.8, 4) is 17.6 Å². The largest absolute Gasteiger partial charge is 0.497 e. The summed E-state index contributed by atoms with van der Waals surface area (Å²) >= 11 is 6.44. The SMILES string of the molecule is COc1ccc(CN(Cc2ccc(OC)cc2)c2nc(N(C)c3c(F)cc(C#N)cc3Cl)cc3c2ncn3C)cc1. The van der Waals surface area contributed by atoms with E-state index in [1.807, 2.05) is 72.3 Å². The molecule has 0 N–H and O–H groups in total. The number of imidazole rings is 1. The van der Waals surface area contributed by atoms with Gasteiger partial charge in [-0.2, -0.15) is 5.26 Å². The van der Waals surface area contributed by atoms with Crippen molar-refractivity contribution in [3.05, 3.63) is 101 Å². The molecule has 0 radical (unpaired) electrons. The maximum Gasteiger partial charge on any atom is 0.159 e. The molecule has 0 unspecified atom stereocenters. The second-order valence-corrected chi connectivity index (χ2v) is 9.95. The molecule has 0 atom stereocenters. The highest BCUT2D eigenvalue weighted by Gasteiger charge is 2.22. The number of aryl methyl sites for hydroxylation is 1. The van der Waals surface area contributed by atoms with Crippen molar-refractivity contribution >= 4 is 40.0 Å². The Kier molecular flexibility index (Phi) is 7.95. The van der Waals surface area contributed by atoms with E-state index in [-0.39, 0.29) is 16.3 Å². The molecule has 41 heavy (non-hydrogen) atoms. The van der Waals surface area contributed by atoms with Crippen LogP contribution in [0.2, 0.25) is 5.02 Å². The highest BCUT2D eigenvalue weighted by Crippen LogP contribution is 2.37. The fourth-order valence-corrected chi connectivity index (χ4v) is 5.00. The van der Waals surface area contributed by atoms with Gasteiger partial charge in [-0.3, -0.25) is 0 Å². The van der Waals surface area contributed by atoms with E-state index in [1.54, 1.807) is 32.5 Å². The Morgan fingerprint density at radius 2 is 1.54 bits per heavy atom. The lowest BCUT2D eigenvalue weighted by Crippen LogP contribution is -2.25. The minimum atomic E-state index is -0.613. The Balaban J connectivity index is 1.63. The van der Waals surface area contributed by atoms with Gasteiger partial charge < -0.3 is 23.8 Å². The van der Waals surface area contributed by atoms with Crippen LogP contribution in [0.5, 0.6) is 11.5 Å². The van der Waals surface area contributed by atoms with Crippen molar-refractivity contribution in [2.75, 3.05) is 31.1 Å². The molecular formula is C31H28ClFN6O2. The molecule has 8 nitrogen and oxygen atoms in total. The predicted molar refractivity (Wildman–Crippen MR) is 159 cm³/mol. The third kappa shape index (κ3) is 5.74. The van der Waals surface area contributed by atoms with Crippen molar-refractivity contribution in [1.29, 1.82) is 5.26 Å². The second-order valence-electron chi connectivity index (χ2n) is 9.54. The zero-order valence-electron chi connectivity index (χ0n) is 23.1. The van der Waals surface area contributed by atoms with Crippen molar-refractivity contribution in [2.45, 2.75) is 13.1 Å². The van der Waals surface area contributed by atoms with Crippen LogP contribution in [0.15, 0.2) is 73.1 Å². The number of halogens is 2. The van der Waals surface area contributed by atoms with Gasteiger partial charge in [0.2, 0.25) is 0 Å². The number of fused-ring (bicyclic) bond motifs is 1. The van der Waals surface area contributed by atoms with Crippen LogP contribution in [0, 0.1) is 17.1 Å². The monoisotopic (exact) mass is 570 g/mol. The van der Waals surface area contributed by atoms with Gasteiger partial charge in [0.1, 0.15) is 28.7 Å². The maximum absolute atomic E-state index is 15.2. The number of nitriles is 1. The van der Waals surface area contributed by atoms with Gasteiger partial charge in [0.25, 0.3) is 0 Å². The van der Waals surface area contributed by atoms with Gasteiger partial charge in [-0.05, 0) is 47.5 Å². The minimum absolute atomic E-state index is 0.117. The van der Waals surface area contributed by atoms with Crippen molar-refractivity contribution in [2.24, 2.45) is 7.05 Å². The number of aromatic nitrogens is 3. The molecule has 5 aromatic rings. The summed E-state index contributed by atoms with van der Waals surface area (Å²) in [5, 5.41) is 9.34. The van der Waals surface area contributed by atoms with Crippen molar-refractivity contribution < 1.29 is 13.9 Å². The van der Waals surface area contributed by atoms with Gasteiger partial charge in [0, 0.05) is 33.3 Å². The topological polar surface area (TPSA) is 79.4 Å². The number of hydrogen-bond donors (Lipinski definition) is 0. The molecule has 0 fully saturated rings. The molecule has 0 saturated heterocycles. The standard InChI is InChI=1S/C31H28ClFN6O2/c1-37-19-35-29-27(37)15-28(38(2)30-25(32)13-22(16-34)14-26(30)33)36-31(29)39(17-20-5-9-23(40-3)10-6-20)18-21-7-11-24(41-4)12-8-21/h5-15,19H,17-18H2,1-4H3. The van der Waals surface area contributed by atoms with Crippen LogP contribution in [0.1, 0.15) is 16.7 Å². The molecule has 2 heterocycles. The van der Waals surface area contributed by atoms with E-state index in [4.69, 9.17) is 26.1 Å². The molecule has 0 bridgehead atoms. The molecule has 0 amide bonds. The molecule has 0 spiro atoms. The second kappa shape index (κ2) is 11.7. The Morgan fingerprint density at radius 3 is 2.05 bits per heavy atom. The van der Waals surface area contributed by atoms with Gasteiger partial charge >= 0.3 is 0 Å². The number of anilines is 3. The van der Waals surface area contributed by atoms with Gasteiger partial charge in [-0.15, -0.1) is 0 Å². The fourth-order valence-electron chi connectivity index (χ4n) is 4.66. The molecular weight excluding hydrogens is 543 g/mol. The number of methoxy groups -OCH3 is 2. The fraction of sp³-hybridized carbons (Fsp3) is 0.194. The first-order valence-corrected chi connectivity index (χ1v) is 13.1. The number of hydrogen-bond acceptors (Lipinski definition) is 7. The Labute approximate surface area is 242 Å². The minimum Gasteiger partial charge on any atom is -0.497 e. The Bertz CT molecular complexity index is 1660. The third-order valence-corrected chi connectivity index (χ3v) is 7.16. The average Bonchev–Trinajstić information content (AvgIpc) is 3.37. The van der Waals surface area contributed by atoms with E-state index in [2.05, 4.69) is 9.88 Å². The summed E-state index contributed by atoms with van der Waals surface area (Å²) in [4.78, 5) is 13.4. The molecule has 0 saturated carbocycles. The summed E-state index contributed by atoms with van der Waals surface area (Å²) in [6, 6.07) is 22.1. The van der Waals surface area contributed by atoms with Crippen LogP contribution >= 0.6 is 11.6 Å². The number of benzene rings is 3. The predicted octanol–water partition coefficient (Wildman–Crippen LogP) is 6.62. The summed E-state index contributed by atoms with van der Waals surface area (Å²) in [6.07, 6.45) is 1.73. The molecule has 3 aromatic carbocycles. The van der Waals surface area contributed by atoms with Crippen molar-refractivity contribution in [3.63, 3.8) is 0 Å². The smallest absolute Gasteiger partial charge is 0.159 e. The molecule has 208 valence electrons. The summed E-state index contributed by atoms with van der Waals surface area (Å²) in [5.41, 5.74) is 3.89. The van der Waals surface area contributed by atoms with Crippen LogP contribution < -0.4 is 19.3 Å². The molecule has 0 aliphatic carbocycles. The van der Waals surface area contributed by atoms with Gasteiger partial charge in [-0.25, -0.2) is 14.4 Å². The van der Waals surface area contributed by atoms with Crippen LogP contribution in [-0.4, -0.2) is 35.8 Å². The molecule has 0 aliphatic heterocycles. The number of pyridine rings is 1. The molecule has 5 rings (SSSR count). The van der Waals surface area contributed by atoms with E-state index in [0.29, 0.717) is 30.2 Å². The first kappa shape index (κ1) is 27.7. The first-order valence-electron chi connectivity index (χ1n) is 12.8. The van der Waals surface area contributed by atoms with E-state index in [9.17, 15) is 5.26 Å². The average molecular weight is 571 g/mol. The quantitative estimate of drug-likeness (QED) is 0.197. The third-order valence-electron chi connectivity index (χ3n) is 6.87. The lowest BCUT2D eigenvalue weighted by molar-refractivity contribution is 0.414. The number of rotatable bonds is 9. The van der Waals surface area contributed by atoms with Crippen LogP contribution in [0.25, 0.3) is 11.0 Å². The highest BCUT2D eigenvalue weighted by molar-refractivity contribution is 6.33. The normalized spacial score (nSPS) is 10.9. The summed E-state index contributed by atoms with van der Waals surface area (Å²) in [7, 11) is 6.87. The van der Waals surface area contributed by atoms with Gasteiger partial charge in [0.15, 0.2) is 5.82 Å². The van der Waals surface area contributed by atoms with Crippen molar-refractivity contribution in [1.82, 2.24) is 14.5 Å². The zero-order valence-corrected chi connectivity index (χ0v) is 23.9. The van der Waals surface area contributed by atoms with Crippen LogP contribution in [-0.2, 0) is 20.1 Å². The Morgan fingerprint density at radius 1 is 0.951 bits per heavy atom. The van der Waals surface area contributed by atoms with E-state index in [1.165, 1.54) is 12.1 Å². The first-order chi connectivity index (χ1) is 19.8. The summed E-state index contributed by atoms with van der Waals surface area (Å²) < 4.78 is 27.7. The molecule has 10 heteroatoms. The number of ether oxygens (including phenoxy) is 2. The lowest BCUT2D eigenvalue weighted by atomic mass is 10.1. The van der Waals surface area contributed by atoms with Crippen LogP contribution in [0.3, 0.4) is 0 Å². The zero-order chi connectivity index (χ0) is 29.1. The van der Waals surface area contributed by atoms with E-state index in [0.717, 1.165) is 28.1 Å². The van der Waals surface area contributed by atoms with Gasteiger partial charge in [0.05, 0.1) is 48.4 Å². The Hall–Kier alpha value is -4.81. The van der Waals surface area contributed by atoms with E-state index < -0.39 is 5.82 Å².